The van der Waals surface area contributed by atoms with Gasteiger partial charge in [-0.1, -0.05) is 25.0 Å². The highest BCUT2D eigenvalue weighted by molar-refractivity contribution is 6.07. The molecule has 2 atom stereocenters. The largest absolute Gasteiger partial charge is 0.493 e. The zero-order valence-corrected chi connectivity index (χ0v) is 22.0. The topological polar surface area (TPSA) is 80.4 Å². The molecule has 2 aliphatic heterocycles. The van der Waals surface area contributed by atoms with Crippen LogP contribution in [0.1, 0.15) is 56.9 Å². The lowest BCUT2D eigenvalue weighted by Gasteiger charge is -2.42. The number of fused-ring (bicyclic) bond motifs is 1. The molecule has 8 heteroatoms. The molecule has 0 aromatic heterocycles. The molecule has 1 aromatic rings. The molecular weight excluding hydrogens is 464 g/mol. The number of carbonyl (C=O) groups is 1. The number of ether oxygens (including phenoxy) is 2. The predicted molar refractivity (Wildman–Crippen MR) is 143 cm³/mol. The van der Waals surface area contributed by atoms with E-state index >= 15 is 0 Å². The van der Waals surface area contributed by atoms with E-state index in [9.17, 15) is 4.79 Å². The molecule has 1 amide bonds. The summed E-state index contributed by atoms with van der Waals surface area (Å²) in [6, 6.07) is 6.13. The number of halogens is 1. The maximum atomic E-state index is 13.5. The van der Waals surface area contributed by atoms with Crippen LogP contribution in [0.15, 0.2) is 35.5 Å². The maximum Gasteiger partial charge on any atom is 0.247 e. The number of unbranched alkanes of at least 4 members (excludes halogenated alkanes) is 3. The zero-order valence-electron chi connectivity index (χ0n) is 21.2. The average molecular weight is 505 g/mol. The second-order valence-electron chi connectivity index (χ2n) is 9.67. The van der Waals surface area contributed by atoms with E-state index < -0.39 is 0 Å². The van der Waals surface area contributed by atoms with Gasteiger partial charge in [-0.05, 0) is 69.8 Å². The highest BCUT2D eigenvalue weighted by Crippen LogP contribution is 2.38. The third kappa shape index (κ3) is 6.38. The van der Waals surface area contributed by atoms with E-state index in [4.69, 9.17) is 20.3 Å². The van der Waals surface area contributed by atoms with Crippen molar-refractivity contribution < 1.29 is 14.3 Å². The van der Waals surface area contributed by atoms with Gasteiger partial charge in [-0.15, -0.1) is 12.4 Å². The lowest BCUT2D eigenvalue weighted by Crippen LogP contribution is -2.52. The average Bonchev–Trinajstić information content (AvgIpc) is 2.89. The normalized spacial score (nSPS) is 22.9. The molecule has 194 valence electrons. The minimum Gasteiger partial charge on any atom is -0.493 e. The fourth-order valence-electron chi connectivity index (χ4n) is 5.55. The Balaban J connectivity index is 0.00000342. The standard InChI is InChI=1S/C27H40N4O3.ClH/c1-33-24-12-11-20(19-25(24)34-2)26-22-9-5-6-10-23(22)27(32)31(29-26)21-13-17-30(18-14-21)16-8-4-3-7-15-28;/h5-6,11-12,19,21-23H,3-4,7-10,13-18,28H2,1-2H3;1H/t22-,23+;/m0./s1. The molecule has 1 aliphatic carbocycles. The van der Waals surface area contributed by atoms with Crippen LogP contribution in [-0.2, 0) is 4.79 Å². The molecule has 35 heavy (non-hydrogen) atoms. The highest BCUT2D eigenvalue weighted by atomic mass is 35.5. The minimum atomic E-state index is -0.0360. The first-order valence-corrected chi connectivity index (χ1v) is 12.9. The van der Waals surface area contributed by atoms with Crippen LogP contribution in [-0.4, -0.2) is 68.0 Å². The Hall–Kier alpha value is -2.09. The van der Waals surface area contributed by atoms with Crippen molar-refractivity contribution in [3.63, 3.8) is 0 Å². The smallest absolute Gasteiger partial charge is 0.247 e. The number of hydrazone groups is 1. The van der Waals surface area contributed by atoms with Crippen LogP contribution in [0.2, 0.25) is 0 Å². The van der Waals surface area contributed by atoms with Crippen molar-refractivity contribution in [2.24, 2.45) is 22.7 Å². The van der Waals surface area contributed by atoms with Crippen molar-refractivity contribution in [3.05, 3.63) is 35.9 Å². The monoisotopic (exact) mass is 504 g/mol. The van der Waals surface area contributed by atoms with Gasteiger partial charge in [-0.2, -0.15) is 5.10 Å². The van der Waals surface area contributed by atoms with Gasteiger partial charge in [0.05, 0.1) is 31.9 Å². The molecule has 2 N–H and O–H groups in total. The van der Waals surface area contributed by atoms with E-state index in [1.54, 1.807) is 14.2 Å². The van der Waals surface area contributed by atoms with Crippen molar-refractivity contribution in [3.8, 4) is 11.5 Å². The molecule has 0 radical (unpaired) electrons. The molecule has 0 spiro atoms. The Morgan fingerprint density at radius 3 is 2.34 bits per heavy atom. The number of piperidine rings is 1. The Labute approximate surface area is 216 Å². The maximum absolute atomic E-state index is 13.5. The van der Waals surface area contributed by atoms with Crippen molar-refractivity contribution >= 4 is 24.0 Å². The van der Waals surface area contributed by atoms with Crippen LogP contribution in [0.25, 0.3) is 0 Å². The minimum absolute atomic E-state index is 0. The molecule has 0 bridgehead atoms. The van der Waals surface area contributed by atoms with Crippen LogP contribution < -0.4 is 15.2 Å². The predicted octanol–water partition coefficient (Wildman–Crippen LogP) is 4.24. The van der Waals surface area contributed by atoms with Gasteiger partial charge in [-0.25, -0.2) is 5.01 Å². The van der Waals surface area contributed by atoms with Gasteiger partial charge in [0.25, 0.3) is 0 Å². The quantitative estimate of drug-likeness (QED) is 0.381. The first kappa shape index (κ1) is 27.5. The van der Waals surface area contributed by atoms with Crippen LogP contribution in [0, 0.1) is 11.8 Å². The van der Waals surface area contributed by atoms with E-state index in [2.05, 4.69) is 17.1 Å². The fourth-order valence-corrected chi connectivity index (χ4v) is 5.55. The summed E-state index contributed by atoms with van der Waals surface area (Å²) in [4.78, 5) is 16.1. The molecular formula is C27H41ClN4O3. The molecule has 1 fully saturated rings. The van der Waals surface area contributed by atoms with Crippen molar-refractivity contribution in [2.45, 2.75) is 57.4 Å². The number of rotatable bonds is 10. The number of hydrogen-bond donors (Lipinski definition) is 1. The molecule has 1 aromatic carbocycles. The zero-order chi connectivity index (χ0) is 23.9. The van der Waals surface area contributed by atoms with E-state index in [0.717, 1.165) is 69.6 Å². The fraction of sp³-hybridized carbons (Fsp3) is 0.630. The van der Waals surface area contributed by atoms with Gasteiger partial charge < -0.3 is 20.1 Å². The van der Waals surface area contributed by atoms with Gasteiger partial charge in [-0.3, -0.25) is 4.79 Å². The second-order valence-corrected chi connectivity index (χ2v) is 9.67. The second kappa shape index (κ2) is 13.3. The Morgan fingerprint density at radius 1 is 0.971 bits per heavy atom. The van der Waals surface area contributed by atoms with Crippen LogP contribution in [0.5, 0.6) is 11.5 Å². The molecule has 7 nitrogen and oxygen atoms in total. The molecule has 0 unspecified atom stereocenters. The molecule has 3 aliphatic rings. The number of methoxy groups -OCH3 is 2. The lowest BCUT2D eigenvalue weighted by molar-refractivity contribution is -0.141. The molecule has 1 saturated heterocycles. The van der Waals surface area contributed by atoms with Crippen LogP contribution >= 0.6 is 12.4 Å². The van der Waals surface area contributed by atoms with Gasteiger partial charge in [0.2, 0.25) is 5.91 Å². The number of benzene rings is 1. The first-order valence-electron chi connectivity index (χ1n) is 12.9. The summed E-state index contributed by atoms with van der Waals surface area (Å²) in [5.74, 6) is 1.66. The number of likely N-dealkylation sites (tertiary alicyclic amines) is 1. The highest BCUT2D eigenvalue weighted by Gasteiger charge is 2.42. The summed E-state index contributed by atoms with van der Waals surface area (Å²) in [5.41, 5.74) is 7.60. The SMILES string of the molecule is COc1ccc(C2=NN(C3CCN(CCCCCCN)CC3)C(=O)[C@@H]3CC=CC[C@H]23)cc1OC.Cl. The third-order valence-electron chi connectivity index (χ3n) is 7.55. The van der Waals surface area contributed by atoms with Gasteiger partial charge >= 0.3 is 0 Å². The Kier molecular flexibility index (Phi) is 10.4. The summed E-state index contributed by atoms with van der Waals surface area (Å²) in [6.45, 7) is 3.99. The summed E-state index contributed by atoms with van der Waals surface area (Å²) >= 11 is 0. The lowest BCUT2D eigenvalue weighted by atomic mass is 9.76. The van der Waals surface area contributed by atoms with Crippen molar-refractivity contribution in [1.29, 1.82) is 0 Å². The van der Waals surface area contributed by atoms with E-state index in [1.165, 1.54) is 19.3 Å². The summed E-state index contributed by atoms with van der Waals surface area (Å²) in [6.07, 6.45) is 12.7. The number of hydrogen-bond acceptors (Lipinski definition) is 6. The molecule has 0 saturated carbocycles. The summed E-state index contributed by atoms with van der Waals surface area (Å²) in [7, 11) is 3.29. The van der Waals surface area contributed by atoms with Crippen LogP contribution in [0.4, 0.5) is 0 Å². The molecule has 2 heterocycles. The first-order chi connectivity index (χ1) is 16.7. The van der Waals surface area contributed by atoms with E-state index in [1.807, 2.05) is 23.2 Å². The third-order valence-corrected chi connectivity index (χ3v) is 7.55. The van der Waals surface area contributed by atoms with Crippen LogP contribution in [0.3, 0.4) is 0 Å². The Bertz CT molecular complexity index is 898. The van der Waals surface area contributed by atoms with Gasteiger partial charge in [0, 0.05) is 24.6 Å². The van der Waals surface area contributed by atoms with Crippen molar-refractivity contribution in [2.75, 3.05) is 40.4 Å². The number of nitrogens with two attached hydrogens (primary N) is 1. The Morgan fingerprint density at radius 2 is 1.66 bits per heavy atom. The summed E-state index contributed by atoms with van der Waals surface area (Å²) < 4.78 is 11.0. The number of allylic oxidation sites excluding steroid dienone is 2. The number of carbonyl (C=O) groups excluding carboxylic acids is 1. The van der Waals surface area contributed by atoms with E-state index in [-0.39, 0.29) is 36.2 Å². The number of nitrogens with zero attached hydrogens (tertiary/aromatic N) is 3. The van der Waals surface area contributed by atoms with Gasteiger partial charge in [0.15, 0.2) is 11.5 Å². The van der Waals surface area contributed by atoms with E-state index in [0.29, 0.717) is 11.5 Å². The molecule has 4 rings (SSSR count). The van der Waals surface area contributed by atoms with Gasteiger partial charge in [0.1, 0.15) is 0 Å². The summed E-state index contributed by atoms with van der Waals surface area (Å²) in [5, 5.41) is 6.87. The van der Waals surface area contributed by atoms with Crippen molar-refractivity contribution in [1.82, 2.24) is 9.91 Å². The number of amides is 1.